The molecule has 1 saturated heterocycles. The quantitative estimate of drug-likeness (QED) is 0.854. The second-order valence-corrected chi connectivity index (χ2v) is 4.36. The van der Waals surface area contributed by atoms with Crippen LogP contribution in [0.3, 0.4) is 0 Å². The van der Waals surface area contributed by atoms with Gasteiger partial charge in [-0.3, -0.25) is 4.79 Å². The lowest BCUT2D eigenvalue weighted by atomic mass is 10.2. The molecule has 0 aliphatic carbocycles. The number of benzene rings is 1. The molecule has 0 spiro atoms. The van der Waals surface area contributed by atoms with E-state index in [0.29, 0.717) is 6.54 Å². The van der Waals surface area contributed by atoms with Crippen molar-refractivity contribution >= 4 is 5.91 Å². The van der Waals surface area contributed by atoms with Gasteiger partial charge in [-0.1, -0.05) is 37.3 Å². The van der Waals surface area contributed by atoms with E-state index in [9.17, 15) is 4.79 Å². The summed E-state index contributed by atoms with van der Waals surface area (Å²) in [5.41, 5.74) is 1.13. The first kappa shape index (κ1) is 13.7. The summed E-state index contributed by atoms with van der Waals surface area (Å²) in [6.07, 6.45) is 1.26. The van der Waals surface area contributed by atoms with Gasteiger partial charge in [0.05, 0.1) is 0 Å². The third-order valence-electron chi connectivity index (χ3n) is 2.54. The predicted molar refractivity (Wildman–Crippen MR) is 68.6 cm³/mol. The lowest BCUT2D eigenvalue weighted by molar-refractivity contribution is -0.119. The van der Waals surface area contributed by atoms with Gasteiger partial charge in [0.1, 0.15) is 0 Å². The zero-order valence-electron chi connectivity index (χ0n) is 10.6. The molecule has 94 valence electrons. The summed E-state index contributed by atoms with van der Waals surface area (Å²) in [6.45, 7) is 6.33. The van der Waals surface area contributed by atoms with E-state index in [1.165, 1.54) is 13.3 Å². The summed E-state index contributed by atoms with van der Waals surface area (Å²) in [6, 6.07) is 9.83. The standard InChI is InChI=1S/C9H11NO.C5H10O/c1-8(11)10-7-9-5-3-2-4-6-9;1-5-2-3-6-4-5/h2-6H,7H2,1H3,(H,10,11);5H,2-4H2,1H3/t;5-/m.0/s1. The summed E-state index contributed by atoms with van der Waals surface area (Å²) >= 11 is 0. The van der Waals surface area contributed by atoms with E-state index in [-0.39, 0.29) is 5.91 Å². The molecule has 1 fully saturated rings. The molecule has 3 heteroatoms. The van der Waals surface area contributed by atoms with Gasteiger partial charge in [-0.2, -0.15) is 0 Å². The highest BCUT2D eigenvalue weighted by Gasteiger charge is 2.07. The topological polar surface area (TPSA) is 38.3 Å². The SMILES string of the molecule is CC(=O)NCc1ccccc1.C[C@H]1CCOC1. The van der Waals surface area contributed by atoms with Crippen LogP contribution in [0.4, 0.5) is 0 Å². The van der Waals surface area contributed by atoms with Gasteiger partial charge in [-0.05, 0) is 17.9 Å². The lowest BCUT2D eigenvalue weighted by Gasteiger charge is -2.00. The molecule has 1 atom stereocenters. The molecule has 0 unspecified atom stereocenters. The van der Waals surface area contributed by atoms with E-state index in [4.69, 9.17) is 4.74 Å². The number of hydrogen-bond acceptors (Lipinski definition) is 2. The van der Waals surface area contributed by atoms with Gasteiger partial charge in [-0.25, -0.2) is 0 Å². The zero-order valence-corrected chi connectivity index (χ0v) is 10.6. The van der Waals surface area contributed by atoms with Crippen molar-refractivity contribution in [1.82, 2.24) is 5.32 Å². The van der Waals surface area contributed by atoms with Crippen molar-refractivity contribution in [3.63, 3.8) is 0 Å². The Morgan fingerprint density at radius 2 is 2.12 bits per heavy atom. The van der Waals surface area contributed by atoms with Gasteiger partial charge < -0.3 is 10.1 Å². The smallest absolute Gasteiger partial charge is 0.217 e. The van der Waals surface area contributed by atoms with Crippen LogP contribution in [0.1, 0.15) is 25.8 Å². The summed E-state index contributed by atoms with van der Waals surface area (Å²) < 4.78 is 5.06. The Bertz CT molecular complexity index is 318. The lowest BCUT2D eigenvalue weighted by Crippen LogP contribution is -2.18. The Hall–Kier alpha value is -1.35. The molecule has 1 aliphatic rings. The number of amides is 1. The molecular weight excluding hydrogens is 214 g/mol. The normalized spacial score (nSPS) is 18.1. The molecule has 1 aromatic carbocycles. The van der Waals surface area contributed by atoms with Crippen LogP contribution in [-0.2, 0) is 16.1 Å². The highest BCUT2D eigenvalue weighted by molar-refractivity contribution is 5.72. The molecule has 3 nitrogen and oxygen atoms in total. The molecule has 2 rings (SSSR count). The Labute approximate surface area is 103 Å². The number of rotatable bonds is 2. The second kappa shape index (κ2) is 7.85. The maximum Gasteiger partial charge on any atom is 0.217 e. The molecule has 0 saturated carbocycles. The van der Waals surface area contributed by atoms with Gasteiger partial charge in [0.25, 0.3) is 0 Å². The van der Waals surface area contributed by atoms with Crippen molar-refractivity contribution in [2.45, 2.75) is 26.8 Å². The number of carbonyl (C=O) groups excluding carboxylic acids is 1. The molecule has 0 radical (unpaired) electrons. The molecule has 1 aliphatic heterocycles. The van der Waals surface area contributed by atoms with Crippen molar-refractivity contribution in [2.75, 3.05) is 13.2 Å². The molecule has 1 heterocycles. The van der Waals surface area contributed by atoms with Gasteiger partial charge in [0, 0.05) is 26.7 Å². The minimum atomic E-state index is 0.00820. The van der Waals surface area contributed by atoms with Crippen LogP contribution in [0.5, 0.6) is 0 Å². The van der Waals surface area contributed by atoms with Gasteiger partial charge in [-0.15, -0.1) is 0 Å². The Morgan fingerprint density at radius 3 is 2.53 bits per heavy atom. The highest BCUT2D eigenvalue weighted by atomic mass is 16.5. The molecule has 0 bridgehead atoms. The van der Waals surface area contributed by atoms with Crippen molar-refractivity contribution in [3.05, 3.63) is 35.9 Å². The minimum Gasteiger partial charge on any atom is -0.381 e. The number of hydrogen-bond donors (Lipinski definition) is 1. The average Bonchev–Trinajstić information content (AvgIpc) is 2.80. The first-order valence-corrected chi connectivity index (χ1v) is 6.04. The van der Waals surface area contributed by atoms with Crippen LogP contribution in [-0.4, -0.2) is 19.1 Å². The van der Waals surface area contributed by atoms with Crippen molar-refractivity contribution in [3.8, 4) is 0 Å². The highest BCUT2D eigenvalue weighted by Crippen LogP contribution is 2.09. The summed E-state index contributed by atoms with van der Waals surface area (Å²) in [5.74, 6) is 0.832. The fourth-order valence-corrected chi connectivity index (χ4v) is 1.47. The molecular formula is C14H21NO2. The molecule has 0 aromatic heterocycles. The molecule has 1 N–H and O–H groups in total. The molecule has 1 aromatic rings. The first-order chi connectivity index (χ1) is 8.18. The monoisotopic (exact) mass is 235 g/mol. The third kappa shape index (κ3) is 6.74. The number of carbonyl (C=O) groups is 1. The van der Waals surface area contributed by atoms with Crippen LogP contribution in [0.15, 0.2) is 30.3 Å². The van der Waals surface area contributed by atoms with E-state index in [0.717, 1.165) is 24.7 Å². The summed E-state index contributed by atoms with van der Waals surface area (Å²) in [4.78, 5) is 10.5. The van der Waals surface area contributed by atoms with Crippen LogP contribution >= 0.6 is 0 Å². The van der Waals surface area contributed by atoms with E-state index in [1.54, 1.807) is 0 Å². The maximum atomic E-state index is 10.5. The Balaban J connectivity index is 0.000000202. The van der Waals surface area contributed by atoms with Gasteiger partial charge in [0.2, 0.25) is 5.91 Å². The summed E-state index contributed by atoms with van der Waals surface area (Å²) in [5, 5.41) is 2.72. The van der Waals surface area contributed by atoms with Gasteiger partial charge >= 0.3 is 0 Å². The molecule has 1 amide bonds. The van der Waals surface area contributed by atoms with Crippen molar-refractivity contribution in [1.29, 1.82) is 0 Å². The zero-order chi connectivity index (χ0) is 12.5. The van der Waals surface area contributed by atoms with E-state index in [2.05, 4.69) is 12.2 Å². The number of ether oxygens (including phenoxy) is 1. The third-order valence-corrected chi connectivity index (χ3v) is 2.54. The Kier molecular flexibility index (Phi) is 6.33. The first-order valence-electron chi connectivity index (χ1n) is 6.04. The van der Waals surface area contributed by atoms with Crippen molar-refractivity contribution in [2.24, 2.45) is 5.92 Å². The second-order valence-electron chi connectivity index (χ2n) is 4.36. The van der Waals surface area contributed by atoms with Crippen molar-refractivity contribution < 1.29 is 9.53 Å². The van der Waals surface area contributed by atoms with Crippen LogP contribution in [0.25, 0.3) is 0 Å². The largest absolute Gasteiger partial charge is 0.381 e. The van der Waals surface area contributed by atoms with E-state index < -0.39 is 0 Å². The molecule has 17 heavy (non-hydrogen) atoms. The number of nitrogens with one attached hydrogen (secondary N) is 1. The fraction of sp³-hybridized carbons (Fsp3) is 0.500. The maximum absolute atomic E-state index is 10.5. The summed E-state index contributed by atoms with van der Waals surface area (Å²) in [7, 11) is 0. The predicted octanol–water partition coefficient (Wildman–Crippen LogP) is 2.37. The van der Waals surface area contributed by atoms with Gasteiger partial charge in [0.15, 0.2) is 0 Å². The van der Waals surface area contributed by atoms with Crippen LogP contribution in [0, 0.1) is 5.92 Å². The minimum absolute atomic E-state index is 0.00820. The fourth-order valence-electron chi connectivity index (χ4n) is 1.47. The Morgan fingerprint density at radius 1 is 1.41 bits per heavy atom. The van der Waals surface area contributed by atoms with Crippen LogP contribution < -0.4 is 5.32 Å². The van der Waals surface area contributed by atoms with Crippen LogP contribution in [0.2, 0.25) is 0 Å². The van der Waals surface area contributed by atoms with E-state index >= 15 is 0 Å². The van der Waals surface area contributed by atoms with E-state index in [1.807, 2.05) is 30.3 Å². The average molecular weight is 235 g/mol.